The van der Waals surface area contributed by atoms with Crippen molar-refractivity contribution in [3.8, 4) is 6.07 Å². The molecule has 0 spiro atoms. The molecule has 5 heteroatoms. The molecular formula is C20H18N2OS2. The van der Waals surface area contributed by atoms with Crippen LogP contribution in [0.15, 0.2) is 70.1 Å². The fourth-order valence-corrected chi connectivity index (χ4v) is 4.22. The molecular weight excluding hydrogens is 348 g/mol. The maximum absolute atomic E-state index is 12.2. The fraction of sp³-hybridized carbons (Fsp3) is 0.200. The number of carbonyl (C=O) groups is 1. The monoisotopic (exact) mass is 366 g/mol. The standard InChI is InChI=1S/C20H18N2OS2/c1-24-16-9-7-15(8-10-16)17-11-19(23)22-20(18(17)12-21)25-13-14-5-3-2-4-6-14/h2-10,17H,11,13H2,1H3,(H,22,23)/t17-/m0/s1. The Labute approximate surface area is 156 Å². The Morgan fingerprint density at radius 1 is 1.16 bits per heavy atom. The molecule has 3 rings (SSSR count). The maximum atomic E-state index is 12.2. The van der Waals surface area contributed by atoms with Gasteiger partial charge in [-0.2, -0.15) is 5.26 Å². The summed E-state index contributed by atoms with van der Waals surface area (Å²) in [5.74, 6) is 0.515. The molecule has 1 heterocycles. The third kappa shape index (κ3) is 4.28. The summed E-state index contributed by atoms with van der Waals surface area (Å²) >= 11 is 3.19. The molecule has 0 saturated heterocycles. The summed E-state index contributed by atoms with van der Waals surface area (Å²) in [4.78, 5) is 13.4. The Morgan fingerprint density at radius 3 is 2.52 bits per heavy atom. The predicted octanol–water partition coefficient (Wildman–Crippen LogP) is 4.68. The van der Waals surface area contributed by atoms with Gasteiger partial charge in [0.05, 0.1) is 16.7 Å². The molecule has 2 aromatic carbocycles. The average molecular weight is 367 g/mol. The molecule has 2 aromatic rings. The topological polar surface area (TPSA) is 52.9 Å². The summed E-state index contributed by atoms with van der Waals surface area (Å²) in [6, 6.07) is 20.5. The molecule has 0 saturated carbocycles. The van der Waals surface area contributed by atoms with Crippen molar-refractivity contribution in [1.29, 1.82) is 5.26 Å². The molecule has 1 amide bonds. The summed E-state index contributed by atoms with van der Waals surface area (Å²) in [5, 5.41) is 13.3. The second-order valence-electron chi connectivity index (χ2n) is 5.71. The van der Waals surface area contributed by atoms with E-state index in [2.05, 4.69) is 11.4 Å². The van der Waals surface area contributed by atoms with Crippen LogP contribution in [-0.4, -0.2) is 12.2 Å². The molecule has 1 aliphatic rings. The van der Waals surface area contributed by atoms with Gasteiger partial charge < -0.3 is 5.32 Å². The van der Waals surface area contributed by atoms with E-state index in [0.717, 1.165) is 16.9 Å². The minimum atomic E-state index is -0.173. The van der Waals surface area contributed by atoms with E-state index in [4.69, 9.17) is 0 Å². The van der Waals surface area contributed by atoms with Crippen LogP contribution in [0, 0.1) is 11.3 Å². The van der Waals surface area contributed by atoms with Gasteiger partial charge in [0.15, 0.2) is 0 Å². The molecule has 1 N–H and O–H groups in total. The van der Waals surface area contributed by atoms with E-state index >= 15 is 0 Å². The van der Waals surface area contributed by atoms with E-state index in [1.54, 1.807) is 11.8 Å². The van der Waals surface area contributed by atoms with Crippen LogP contribution in [0.2, 0.25) is 0 Å². The molecule has 1 aliphatic heterocycles. The quantitative estimate of drug-likeness (QED) is 0.781. The summed E-state index contributed by atoms with van der Waals surface area (Å²) in [7, 11) is 0. The number of thioether (sulfide) groups is 2. The van der Waals surface area contributed by atoms with Crippen LogP contribution in [0.1, 0.15) is 23.5 Å². The number of amides is 1. The molecule has 0 bridgehead atoms. The van der Waals surface area contributed by atoms with Gasteiger partial charge in [-0.3, -0.25) is 4.79 Å². The number of nitrogens with zero attached hydrogens (tertiary/aromatic N) is 1. The normalized spacial score (nSPS) is 17.1. The molecule has 0 fully saturated rings. The minimum Gasteiger partial charge on any atom is -0.320 e. The highest BCUT2D eigenvalue weighted by atomic mass is 32.2. The minimum absolute atomic E-state index is 0.0338. The SMILES string of the molecule is CSc1ccc([C@@H]2CC(=O)NC(SCc3ccccc3)=C2C#N)cc1. The van der Waals surface area contributed by atoms with Crippen LogP contribution in [-0.2, 0) is 10.5 Å². The van der Waals surface area contributed by atoms with Crippen molar-refractivity contribution in [2.24, 2.45) is 0 Å². The first-order chi connectivity index (χ1) is 12.2. The number of nitrogens with one attached hydrogen (secondary N) is 1. The van der Waals surface area contributed by atoms with Crippen molar-refractivity contribution in [3.63, 3.8) is 0 Å². The van der Waals surface area contributed by atoms with Crippen LogP contribution < -0.4 is 5.32 Å². The van der Waals surface area contributed by atoms with Crippen LogP contribution in [0.5, 0.6) is 0 Å². The summed E-state index contributed by atoms with van der Waals surface area (Å²) in [6.07, 6.45) is 2.35. The lowest BCUT2D eigenvalue weighted by atomic mass is 9.87. The van der Waals surface area contributed by atoms with Gasteiger partial charge in [0.1, 0.15) is 0 Å². The second kappa shape index (κ2) is 8.28. The lowest BCUT2D eigenvalue weighted by Gasteiger charge is -2.25. The average Bonchev–Trinajstić information content (AvgIpc) is 2.66. The summed E-state index contributed by atoms with van der Waals surface area (Å²) < 4.78 is 0. The Morgan fingerprint density at radius 2 is 1.88 bits per heavy atom. The van der Waals surface area contributed by atoms with Crippen LogP contribution >= 0.6 is 23.5 Å². The maximum Gasteiger partial charge on any atom is 0.225 e. The highest BCUT2D eigenvalue weighted by Gasteiger charge is 2.29. The van der Waals surface area contributed by atoms with Gasteiger partial charge in [-0.15, -0.1) is 23.5 Å². The Hall–Kier alpha value is -2.16. The molecule has 1 atom stereocenters. The zero-order chi connectivity index (χ0) is 17.6. The van der Waals surface area contributed by atoms with Crippen LogP contribution in [0.3, 0.4) is 0 Å². The van der Waals surface area contributed by atoms with Crippen molar-refractivity contribution in [3.05, 3.63) is 76.3 Å². The zero-order valence-corrected chi connectivity index (χ0v) is 15.5. The van der Waals surface area contributed by atoms with E-state index in [-0.39, 0.29) is 11.8 Å². The molecule has 25 heavy (non-hydrogen) atoms. The largest absolute Gasteiger partial charge is 0.320 e. The highest BCUT2D eigenvalue weighted by molar-refractivity contribution is 8.02. The van der Waals surface area contributed by atoms with E-state index in [9.17, 15) is 10.1 Å². The van der Waals surface area contributed by atoms with Crippen molar-refractivity contribution >= 4 is 29.4 Å². The predicted molar refractivity (Wildman–Crippen MR) is 104 cm³/mol. The van der Waals surface area contributed by atoms with Gasteiger partial charge in [-0.05, 0) is 29.5 Å². The molecule has 126 valence electrons. The summed E-state index contributed by atoms with van der Waals surface area (Å²) in [6.45, 7) is 0. The van der Waals surface area contributed by atoms with Crippen molar-refractivity contribution in [2.45, 2.75) is 23.0 Å². The molecule has 0 radical (unpaired) electrons. The first-order valence-corrected chi connectivity index (χ1v) is 10.2. The third-order valence-electron chi connectivity index (χ3n) is 4.10. The van der Waals surface area contributed by atoms with Crippen LogP contribution in [0.25, 0.3) is 0 Å². The van der Waals surface area contributed by atoms with Gasteiger partial charge in [0, 0.05) is 23.0 Å². The Bertz CT molecular complexity index is 823. The highest BCUT2D eigenvalue weighted by Crippen LogP contribution is 2.37. The molecule has 0 unspecified atom stereocenters. The molecule has 0 aromatic heterocycles. The first-order valence-electron chi connectivity index (χ1n) is 7.96. The fourth-order valence-electron chi connectivity index (χ4n) is 2.78. The van der Waals surface area contributed by atoms with Gasteiger partial charge in [-0.1, -0.05) is 42.5 Å². The number of allylic oxidation sites excluding steroid dienone is 1. The number of hydrogen-bond donors (Lipinski definition) is 1. The number of carbonyl (C=O) groups excluding carboxylic acids is 1. The van der Waals surface area contributed by atoms with Gasteiger partial charge >= 0.3 is 0 Å². The van der Waals surface area contributed by atoms with Gasteiger partial charge in [-0.25, -0.2) is 0 Å². The summed E-state index contributed by atoms with van der Waals surface area (Å²) in [5.41, 5.74) is 2.83. The lowest BCUT2D eigenvalue weighted by Crippen LogP contribution is -2.30. The number of nitriles is 1. The van der Waals surface area contributed by atoms with E-state index in [0.29, 0.717) is 17.0 Å². The lowest BCUT2D eigenvalue weighted by molar-refractivity contribution is -0.120. The van der Waals surface area contributed by atoms with Gasteiger partial charge in [0.25, 0.3) is 0 Å². The van der Waals surface area contributed by atoms with Gasteiger partial charge in [0.2, 0.25) is 5.91 Å². The number of rotatable bonds is 5. The third-order valence-corrected chi connectivity index (χ3v) is 5.93. The van der Waals surface area contributed by atoms with E-state index in [1.165, 1.54) is 16.7 Å². The second-order valence-corrected chi connectivity index (χ2v) is 7.57. The molecule has 0 aliphatic carbocycles. The van der Waals surface area contributed by atoms with E-state index in [1.807, 2.05) is 60.9 Å². The van der Waals surface area contributed by atoms with Crippen LogP contribution in [0.4, 0.5) is 0 Å². The van der Waals surface area contributed by atoms with E-state index < -0.39 is 0 Å². The zero-order valence-electron chi connectivity index (χ0n) is 13.9. The number of hydrogen-bond acceptors (Lipinski definition) is 4. The first kappa shape index (κ1) is 17.7. The Kier molecular flexibility index (Phi) is 5.85. The van der Waals surface area contributed by atoms with Crippen molar-refractivity contribution in [1.82, 2.24) is 5.32 Å². The Balaban J connectivity index is 1.87. The molecule has 3 nitrogen and oxygen atoms in total. The van der Waals surface area contributed by atoms with Crippen molar-refractivity contribution in [2.75, 3.05) is 6.26 Å². The smallest absolute Gasteiger partial charge is 0.225 e. The van der Waals surface area contributed by atoms with Crippen molar-refractivity contribution < 1.29 is 4.79 Å². The number of benzene rings is 2.